The highest BCUT2D eigenvalue weighted by Crippen LogP contribution is 2.46. The molecule has 4 aliphatic rings. The van der Waals surface area contributed by atoms with Gasteiger partial charge >= 0.3 is 0 Å². The Balaban J connectivity index is 1.07. The summed E-state index contributed by atoms with van der Waals surface area (Å²) in [5, 5.41) is 14.4. The third kappa shape index (κ3) is 6.62. The summed E-state index contributed by atoms with van der Waals surface area (Å²) in [5.41, 5.74) is 9.14. The van der Waals surface area contributed by atoms with Gasteiger partial charge in [0.05, 0.1) is 35.7 Å². The number of ether oxygens (including phenoxy) is 2. The molecule has 0 spiro atoms. The number of hydrogen-bond donors (Lipinski definition) is 4. The summed E-state index contributed by atoms with van der Waals surface area (Å²) in [5.74, 6) is 1.40. The molecule has 8 rings (SSSR count). The molecule has 2 aromatic carbocycles. The summed E-state index contributed by atoms with van der Waals surface area (Å²) < 4.78 is 11.7. The zero-order valence-electron chi connectivity index (χ0n) is 29.3. The van der Waals surface area contributed by atoms with Crippen molar-refractivity contribution >= 4 is 35.0 Å². The van der Waals surface area contributed by atoms with E-state index >= 15 is 0 Å². The van der Waals surface area contributed by atoms with Crippen LogP contribution in [0.2, 0.25) is 10.0 Å². The Bertz CT molecular complexity index is 1910. The van der Waals surface area contributed by atoms with Crippen molar-refractivity contribution in [2.24, 2.45) is 0 Å². The lowest BCUT2D eigenvalue weighted by Gasteiger charge is -2.20. The molecule has 2 aromatic heterocycles. The normalized spacial score (nSPS) is 21.9. The van der Waals surface area contributed by atoms with Gasteiger partial charge in [-0.15, -0.1) is 0 Å². The number of carbonyl (C=O) groups is 2. The fourth-order valence-electron chi connectivity index (χ4n) is 8.31. The molecule has 4 N–H and O–H groups in total. The monoisotopic (exact) mass is 740 g/mol. The number of pyridine rings is 2. The van der Waals surface area contributed by atoms with Crippen LogP contribution < -0.4 is 30.7 Å². The number of rotatable bonds is 11. The van der Waals surface area contributed by atoms with Crippen molar-refractivity contribution in [3.05, 3.63) is 80.8 Å². The van der Waals surface area contributed by atoms with Crippen molar-refractivity contribution in [1.29, 1.82) is 0 Å². The van der Waals surface area contributed by atoms with Gasteiger partial charge in [-0.2, -0.15) is 0 Å². The fraction of sp³-hybridized carbons (Fsp3) is 0.400. The molecule has 270 valence electrons. The number of benzene rings is 2. The number of amides is 2. The first-order chi connectivity index (χ1) is 25.3. The third-order valence-electron chi connectivity index (χ3n) is 10.9. The molecule has 4 heterocycles. The van der Waals surface area contributed by atoms with Crippen molar-refractivity contribution in [2.45, 2.75) is 75.5 Å². The average Bonchev–Trinajstić information content (AvgIpc) is 3.96. The van der Waals surface area contributed by atoms with Gasteiger partial charge < -0.3 is 30.7 Å². The van der Waals surface area contributed by atoms with Gasteiger partial charge in [-0.3, -0.25) is 9.59 Å². The minimum absolute atomic E-state index is 0.0992. The molecule has 2 amide bonds. The summed E-state index contributed by atoms with van der Waals surface area (Å²) in [7, 11) is 3.30. The van der Waals surface area contributed by atoms with Crippen molar-refractivity contribution in [1.82, 2.24) is 31.2 Å². The molecule has 0 bridgehead atoms. The van der Waals surface area contributed by atoms with Crippen LogP contribution in [0.3, 0.4) is 0 Å². The Kier molecular flexibility index (Phi) is 9.82. The van der Waals surface area contributed by atoms with Crippen LogP contribution in [0.5, 0.6) is 11.8 Å². The maximum absolute atomic E-state index is 11.7. The number of aryl methyl sites for hydroxylation is 2. The second-order valence-corrected chi connectivity index (χ2v) is 14.9. The van der Waals surface area contributed by atoms with Crippen LogP contribution in [-0.2, 0) is 22.4 Å². The quantitative estimate of drug-likeness (QED) is 0.137. The summed E-state index contributed by atoms with van der Waals surface area (Å²) in [6.45, 7) is 1.42. The van der Waals surface area contributed by atoms with Crippen LogP contribution in [0.1, 0.15) is 72.9 Å². The predicted octanol–water partition coefficient (Wildman–Crippen LogP) is 6.51. The van der Waals surface area contributed by atoms with Crippen molar-refractivity contribution in [2.75, 3.05) is 27.3 Å². The molecule has 4 aromatic rings. The zero-order chi connectivity index (χ0) is 35.9. The Morgan fingerprint density at radius 1 is 0.654 bits per heavy atom. The number of carbonyl (C=O) groups excluding carboxylic acids is 2. The van der Waals surface area contributed by atoms with E-state index in [0.717, 1.165) is 83.3 Å². The van der Waals surface area contributed by atoms with E-state index in [0.29, 0.717) is 47.7 Å². The van der Waals surface area contributed by atoms with E-state index in [1.165, 1.54) is 11.1 Å². The van der Waals surface area contributed by atoms with Crippen LogP contribution in [0.25, 0.3) is 33.6 Å². The van der Waals surface area contributed by atoms with Gasteiger partial charge in [0, 0.05) is 83.5 Å². The highest BCUT2D eigenvalue weighted by molar-refractivity contribution is 6.39. The van der Waals surface area contributed by atoms with E-state index in [4.69, 9.17) is 42.6 Å². The van der Waals surface area contributed by atoms with Gasteiger partial charge in [0.25, 0.3) is 0 Å². The molecule has 12 heteroatoms. The maximum atomic E-state index is 11.7. The van der Waals surface area contributed by atoms with Gasteiger partial charge in [-0.25, -0.2) is 9.97 Å². The van der Waals surface area contributed by atoms with Gasteiger partial charge in [-0.05, 0) is 61.8 Å². The van der Waals surface area contributed by atoms with E-state index in [2.05, 4.69) is 33.4 Å². The molecule has 0 saturated carbocycles. The number of hydrogen-bond acceptors (Lipinski definition) is 8. The standard InChI is InChI=1S/C40H42Cl2N6O4/c1-51-39-35-21(9-13-29(35)43-19-23-11-15-33(49)45-23)17-31(47-39)27-7-3-5-25(37(27)41)26-6-4-8-28(38(26)42)32-18-22-10-14-30(36(22)40(48-32)52-2)44-20-24-12-16-34(50)46-24/h3-8,17-18,23-24,29-30,43-44H,9-16,19-20H2,1-2H3,(H,45,49)(H,46,50)/t23-,24-,29-,30-/m0/s1. The molecule has 0 radical (unpaired) electrons. The lowest BCUT2D eigenvalue weighted by atomic mass is 9.97. The molecular weight excluding hydrogens is 699 g/mol. The minimum Gasteiger partial charge on any atom is -0.481 e. The van der Waals surface area contributed by atoms with Crippen LogP contribution in [0, 0.1) is 0 Å². The molecule has 52 heavy (non-hydrogen) atoms. The molecule has 2 aliphatic heterocycles. The molecule has 4 atom stereocenters. The zero-order valence-corrected chi connectivity index (χ0v) is 30.8. The molecule has 2 fully saturated rings. The fourth-order valence-corrected chi connectivity index (χ4v) is 8.96. The number of nitrogens with one attached hydrogen (secondary N) is 4. The second kappa shape index (κ2) is 14.7. The molecule has 0 unspecified atom stereocenters. The van der Waals surface area contributed by atoms with Crippen LogP contribution in [-0.4, -0.2) is 61.2 Å². The Morgan fingerprint density at radius 2 is 1.08 bits per heavy atom. The number of halogens is 2. The van der Waals surface area contributed by atoms with Crippen molar-refractivity contribution in [3.8, 4) is 45.4 Å². The van der Waals surface area contributed by atoms with E-state index < -0.39 is 0 Å². The van der Waals surface area contributed by atoms with Crippen molar-refractivity contribution in [3.63, 3.8) is 0 Å². The highest BCUT2D eigenvalue weighted by Gasteiger charge is 2.32. The Morgan fingerprint density at radius 3 is 1.46 bits per heavy atom. The van der Waals surface area contributed by atoms with E-state index in [9.17, 15) is 9.59 Å². The van der Waals surface area contributed by atoms with Gasteiger partial charge in [0.15, 0.2) is 0 Å². The maximum Gasteiger partial charge on any atom is 0.220 e. The van der Waals surface area contributed by atoms with Crippen LogP contribution in [0.4, 0.5) is 0 Å². The lowest BCUT2D eigenvalue weighted by Crippen LogP contribution is -2.37. The molecular formula is C40H42Cl2N6O4. The van der Waals surface area contributed by atoms with Crippen LogP contribution in [0.15, 0.2) is 48.5 Å². The first kappa shape index (κ1) is 34.8. The summed E-state index contributed by atoms with van der Waals surface area (Å²) >= 11 is 14.5. The van der Waals surface area contributed by atoms with E-state index in [-0.39, 0.29) is 36.0 Å². The highest BCUT2D eigenvalue weighted by atomic mass is 35.5. The second-order valence-electron chi connectivity index (χ2n) is 14.1. The van der Waals surface area contributed by atoms with Gasteiger partial charge in [0.1, 0.15) is 0 Å². The minimum atomic E-state index is 0.0992. The SMILES string of the molecule is COc1nc(-c2cccc(-c3cccc(-c4cc5c(c(OC)n4)[C@@H](NC[C@@H]4CCC(=O)N4)CC5)c3Cl)c2Cl)cc2c1[C@@H](NC[C@@H]1CCC(=O)N1)CC2. The number of fused-ring (bicyclic) bond motifs is 2. The first-order valence-electron chi connectivity index (χ1n) is 18.1. The Hall–Kier alpha value is -4.22. The van der Waals surface area contributed by atoms with E-state index in [1.54, 1.807) is 14.2 Å². The smallest absolute Gasteiger partial charge is 0.220 e. The third-order valence-corrected chi connectivity index (χ3v) is 11.8. The topological polar surface area (TPSA) is 126 Å². The molecule has 10 nitrogen and oxygen atoms in total. The van der Waals surface area contributed by atoms with Gasteiger partial charge in [0.2, 0.25) is 23.6 Å². The van der Waals surface area contributed by atoms with Crippen molar-refractivity contribution < 1.29 is 19.1 Å². The summed E-state index contributed by atoms with van der Waals surface area (Å²) in [6.07, 6.45) is 6.48. The number of methoxy groups -OCH3 is 2. The van der Waals surface area contributed by atoms with Gasteiger partial charge in [-0.1, -0.05) is 59.6 Å². The average molecular weight is 742 g/mol. The van der Waals surface area contributed by atoms with Crippen LogP contribution >= 0.6 is 23.2 Å². The summed E-state index contributed by atoms with van der Waals surface area (Å²) in [6, 6.07) is 16.6. The predicted molar refractivity (Wildman–Crippen MR) is 202 cm³/mol. The molecule has 2 saturated heterocycles. The Labute approximate surface area is 313 Å². The van der Waals surface area contributed by atoms with E-state index in [1.807, 2.05) is 36.4 Å². The summed E-state index contributed by atoms with van der Waals surface area (Å²) in [4.78, 5) is 33.3. The molecule has 2 aliphatic carbocycles. The largest absolute Gasteiger partial charge is 0.481 e. The number of aromatic nitrogens is 2. The lowest BCUT2D eigenvalue weighted by molar-refractivity contribution is -0.120. The first-order valence-corrected chi connectivity index (χ1v) is 18.9. The number of nitrogens with zero attached hydrogens (tertiary/aromatic N) is 2.